The van der Waals surface area contributed by atoms with Gasteiger partial charge in [0.05, 0.1) is 0 Å². The summed E-state index contributed by atoms with van der Waals surface area (Å²) in [6.07, 6.45) is -1.91. The number of carbonyl (C=O) groups is 1. The van der Waals surface area contributed by atoms with Gasteiger partial charge >= 0.3 is 51.4 Å². The molecule has 0 aromatic heterocycles. The van der Waals surface area contributed by atoms with Crippen molar-refractivity contribution >= 4 is 5.97 Å². The van der Waals surface area contributed by atoms with Gasteiger partial charge in [0.15, 0.2) is 0 Å². The summed E-state index contributed by atoms with van der Waals surface area (Å²) < 4.78 is 67.8. The Hall–Kier alpha value is 1.11. The summed E-state index contributed by atoms with van der Waals surface area (Å²) in [5.74, 6) is -1.02. The zero-order valence-electron chi connectivity index (χ0n) is 21.1. The van der Waals surface area contributed by atoms with Crippen LogP contribution in [-0.2, 0) is 4.79 Å². The van der Waals surface area contributed by atoms with Crippen molar-refractivity contribution in [1.82, 2.24) is 0 Å². The molecular formula is C16H31KO2. The van der Waals surface area contributed by atoms with Crippen LogP contribution in [0.3, 0.4) is 0 Å². The van der Waals surface area contributed by atoms with E-state index in [1.165, 1.54) is 0 Å². The van der Waals surface area contributed by atoms with Crippen molar-refractivity contribution < 1.29 is 73.6 Å². The van der Waals surface area contributed by atoms with Crippen LogP contribution < -0.4 is 56.5 Å². The van der Waals surface area contributed by atoms with Crippen LogP contribution in [0.2, 0.25) is 0 Å². The van der Waals surface area contributed by atoms with Gasteiger partial charge in [-0.25, -0.2) is 0 Å². The van der Waals surface area contributed by atoms with Gasteiger partial charge in [0.1, 0.15) is 0 Å². The molecule has 0 fully saturated rings. The first-order valence-corrected chi connectivity index (χ1v) is 6.87. The van der Waals surface area contributed by atoms with Crippen molar-refractivity contribution in [3.8, 4) is 0 Å². The molecule has 0 aromatic rings. The number of unbranched alkanes of at least 4 members (excludes halogenated alkanes) is 8. The maximum atomic E-state index is 10.3. The third-order valence-corrected chi connectivity index (χ3v) is 2.83. The molecule has 0 saturated heterocycles. The van der Waals surface area contributed by atoms with Crippen LogP contribution >= 0.6 is 0 Å². The second-order valence-corrected chi connectivity index (χ2v) is 4.48. The predicted molar refractivity (Wildman–Crippen MR) is 75.3 cm³/mol. The SMILES string of the molecule is [2H]C([2H])([2H])C([2H])([2H])C([2H])([2H])C([2H])([2H])CCCCCCCCCCCC(=O)[O-].[K+]. The second kappa shape index (κ2) is 19.1. The number of carbonyl (C=O) groups excluding carboxylic acids is 1. The molecule has 0 spiro atoms. The Balaban J connectivity index is 0. The smallest absolute Gasteiger partial charge is 0.550 e. The molecule has 0 amide bonds. The number of carboxylic acids is 1. The first-order chi connectivity index (χ1) is 12.2. The zero-order chi connectivity index (χ0) is 21.4. The fraction of sp³-hybridized carbons (Fsp3) is 0.938. The van der Waals surface area contributed by atoms with Gasteiger partial charge in [-0.2, -0.15) is 0 Å². The Kier molecular flexibility index (Phi) is 10.0. The van der Waals surface area contributed by atoms with Gasteiger partial charge in [-0.1, -0.05) is 83.8 Å². The maximum absolute atomic E-state index is 10.3. The Morgan fingerprint density at radius 1 is 0.895 bits per heavy atom. The zero-order valence-corrected chi connectivity index (χ0v) is 15.2. The molecule has 0 rings (SSSR count). The van der Waals surface area contributed by atoms with Gasteiger partial charge in [0.25, 0.3) is 0 Å². The quantitative estimate of drug-likeness (QED) is 0.358. The minimum absolute atomic E-state index is 0. The molecule has 108 valence electrons. The number of aliphatic carboxylic acids is 1. The van der Waals surface area contributed by atoms with Gasteiger partial charge in [0, 0.05) is 18.3 Å². The molecule has 0 N–H and O–H groups in total. The predicted octanol–water partition coefficient (Wildman–Crippen LogP) is 1.22. The average molecular weight is 304 g/mol. The molecule has 0 aliphatic heterocycles. The monoisotopic (exact) mass is 303 g/mol. The van der Waals surface area contributed by atoms with Gasteiger partial charge in [0.2, 0.25) is 0 Å². The molecule has 0 aromatic carbocycles. The van der Waals surface area contributed by atoms with E-state index in [-0.39, 0.29) is 64.2 Å². The molecule has 19 heavy (non-hydrogen) atoms. The van der Waals surface area contributed by atoms with Gasteiger partial charge < -0.3 is 9.90 Å². The molecule has 2 nitrogen and oxygen atoms in total. The molecule has 0 bridgehead atoms. The topological polar surface area (TPSA) is 40.1 Å². The van der Waals surface area contributed by atoms with Crippen molar-refractivity contribution in [2.75, 3.05) is 0 Å². The van der Waals surface area contributed by atoms with Crippen molar-refractivity contribution in [2.45, 2.75) is 96.6 Å². The molecule has 0 aliphatic carbocycles. The van der Waals surface area contributed by atoms with Gasteiger partial charge in [-0.05, 0) is 12.8 Å². The summed E-state index contributed by atoms with van der Waals surface area (Å²) in [5.41, 5.74) is 0. The largest absolute Gasteiger partial charge is 1.00 e. The molecule has 0 radical (unpaired) electrons. The molecule has 3 heteroatoms. The Labute approximate surface area is 175 Å². The van der Waals surface area contributed by atoms with Gasteiger partial charge in [-0.3, -0.25) is 0 Å². The Morgan fingerprint density at radius 3 is 1.84 bits per heavy atom. The van der Waals surface area contributed by atoms with E-state index in [0.29, 0.717) is 19.3 Å². The number of hydrogen-bond acceptors (Lipinski definition) is 2. The van der Waals surface area contributed by atoms with Crippen molar-refractivity contribution in [1.29, 1.82) is 0 Å². The summed E-state index contributed by atoms with van der Waals surface area (Å²) in [6, 6.07) is 0. The minimum Gasteiger partial charge on any atom is -0.550 e. The number of rotatable bonds is 14. The molecule has 0 heterocycles. The van der Waals surface area contributed by atoms with Crippen molar-refractivity contribution in [3.05, 3.63) is 0 Å². The average Bonchev–Trinajstić information content (AvgIpc) is 2.50. The number of hydrogen-bond donors (Lipinski definition) is 0. The van der Waals surface area contributed by atoms with E-state index < -0.39 is 31.9 Å². The standard InChI is InChI=1S/C16H32O2.K/c1-2-3-4-5-6-7-8-9-10-11-12-13-14-15-16(17)18;/h2-15H2,1H3,(H,17,18);/q;+1/p-1/i1D3,2D2,3D2,4D2;. The van der Waals surface area contributed by atoms with E-state index in [0.717, 1.165) is 38.5 Å². The van der Waals surface area contributed by atoms with Crippen molar-refractivity contribution in [3.63, 3.8) is 0 Å². The first-order valence-electron chi connectivity index (χ1n) is 11.4. The van der Waals surface area contributed by atoms with Crippen LogP contribution in [0.4, 0.5) is 0 Å². The minimum atomic E-state index is -3.28. The Bertz CT molecular complexity index is 454. The third kappa shape index (κ3) is 21.6. The summed E-state index contributed by atoms with van der Waals surface area (Å²) in [5, 5.41) is 10.3. The van der Waals surface area contributed by atoms with Crippen LogP contribution in [0.25, 0.3) is 0 Å². The van der Waals surface area contributed by atoms with Crippen LogP contribution in [-0.4, -0.2) is 5.97 Å². The first kappa shape index (κ1) is 9.99. The molecule has 0 unspecified atom stereocenters. The summed E-state index contributed by atoms with van der Waals surface area (Å²) in [4.78, 5) is 10.3. The van der Waals surface area contributed by atoms with Crippen LogP contribution in [0.15, 0.2) is 0 Å². The van der Waals surface area contributed by atoms with E-state index in [4.69, 9.17) is 12.3 Å². The number of carboxylic acid groups (broad SMARTS) is 1. The maximum Gasteiger partial charge on any atom is 1.00 e. The fourth-order valence-corrected chi connectivity index (χ4v) is 1.83. The third-order valence-electron chi connectivity index (χ3n) is 2.83. The fourth-order valence-electron chi connectivity index (χ4n) is 1.83. The van der Waals surface area contributed by atoms with E-state index in [9.17, 15) is 9.90 Å². The second-order valence-electron chi connectivity index (χ2n) is 4.48. The summed E-state index contributed by atoms with van der Waals surface area (Å²) in [6.45, 7) is -3.25. The Morgan fingerprint density at radius 2 is 1.37 bits per heavy atom. The normalized spacial score (nSPS) is 20.1. The van der Waals surface area contributed by atoms with Crippen LogP contribution in [0, 0.1) is 0 Å². The van der Waals surface area contributed by atoms with E-state index in [2.05, 4.69) is 0 Å². The molecule has 0 aliphatic rings. The van der Waals surface area contributed by atoms with Crippen LogP contribution in [0.1, 0.15) is 109 Å². The van der Waals surface area contributed by atoms with E-state index in [1.54, 1.807) is 0 Å². The van der Waals surface area contributed by atoms with Crippen molar-refractivity contribution in [2.24, 2.45) is 0 Å². The molecule has 0 saturated carbocycles. The van der Waals surface area contributed by atoms with Crippen LogP contribution in [0.5, 0.6) is 0 Å². The van der Waals surface area contributed by atoms with Gasteiger partial charge in [-0.15, -0.1) is 0 Å². The van der Waals surface area contributed by atoms with E-state index in [1.807, 2.05) is 0 Å². The molecular weight excluding hydrogens is 263 g/mol. The van der Waals surface area contributed by atoms with E-state index >= 15 is 0 Å². The molecule has 0 atom stereocenters. The summed E-state index contributed by atoms with van der Waals surface area (Å²) >= 11 is 0. The summed E-state index contributed by atoms with van der Waals surface area (Å²) in [7, 11) is 0.